The van der Waals surface area contributed by atoms with Crippen molar-refractivity contribution in [1.29, 1.82) is 0 Å². The number of para-hydroxylation sites is 1. The molecule has 36 heavy (non-hydrogen) atoms. The normalized spacial score (nSPS) is 16.2. The average Bonchev–Trinajstić information content (AvgIpc) is 3.30. The number of rotatable bonds is 7. The Bertz CT molecular complexity index is 1490. The number of hydrogen-bond donors (Lipinski definition) is 1. The standard InChI is InChI=1S/C29H25NO6/c1-17(2)16-34-21-12-8-18(9-13-21)24-25-26(22-6-4-5-7-23(22)35-29(25)32)36-27(24)28(31)30-19-10-14-20(33-3)15-11-19/h4-15,24,27H,1,16H2,2-3H3,(H,30,31). The van der Waals surface area contributed by atoms with E-state index in [9.17, 15) is 9.59 Å². The van der Waals surface area contributed by atoms with E-state index in [1.54, 1.807) is 55.6 Å². The maximum atomic E-state index is 13.5. The van der Waals surface area contributed by atoms with Crippen molar-refractivity contribution >= 4 is 22.6 Å². The van der Waals surface area contributed by atoms with Crippen molar-refractivity contribution in [2.24, 2.45) is 0 Å². The maximum absolute atomic E-state index is 13.5. The monoisotopic (exact) mass is 483 g/mol. The lowest BCUT2D eigenvalue weighted by atomic mass is 9.88. The number of benzene rings is 3. The molecule has 5 rings (SSSR count). The number of ether oxygens (including phenoxy) is 3. The predicted molar refractivity (Wildman–Crippen MR) is 137 cm³/mol. The van der Waals surface area contributed by atoms with Crippen LogP contribution in [0.5, 0.6) is 17.2 Å². The number of carbonyl (C=O) groups is 1. The van der Waals surface area contributed by atoms with E-state index in [0.29, 0.717) is 46.1 Å². The quantitative estimate of drug-likeness (QED) is 0.284. The summed E-state index contributed by atoms with van der Waals surface area (Å²) in [5.41, 5.74) is 2.40. The summed E-state index contributed by atoms with van der Waals surface area (Å²) in [6, 6.07) is 21.4. The van der Waals surface area contributed by atoms with Gasteiger partial charge >= 0.3 is 5.63 Å². The first-order valence-corrected chi connectivity index (χ1v) is 11.5. The van der Waals surface area contributed by atoms with Gasteiger partial charge in [-0.15, -0.1) is 0 Å². The first-order valence-electron chi connectivity index (χ1n) is 11.5. The Balaban J connectivity index is 1.54. The highest BCUT2D eigenvalue weighted by atomic mass is 16.5. The molecule has 7 heteroatoms. The van der Waals surface area contributed by atoms with Gasteiger partial charge < -0.3 is 23.9 Å². The Hall–Kier alpha value is -4.52. The van der Waals surface area contributed by atoms with E-state index in [-0.39, 0.29) is 5.91 Å². The summed E-state index contributed by atoms with van der Waals surface area (Å²) >= 11 is 0. The molecule has 0 fully saturated rings. The van der Waals surface area contributed by atoms with Crippen LogP contribution in [0, 0.1) is 0 Å². The molecular weight excluding hydrogens is 458 g/mol. The van der Waals surface area contributed by atoms with E-state index in [2.05, 4.69) is 11.9 Å². The van der Waals surface area contributed by atoms with Crippen molar-refractivity contribution < 1.29 is 23.4 Å². The number of nitrogens with one attached hydrogen (secondary N) is 1. The van der Waals surface area contributed by atoms with Crippen LogP contribution in [0.1, 0.15) is 24.0 Å². The summed E-state index contributed by atoms with van der Waals surface area (Å²) in [7, 11) is 1.58. The van der Waals surface area contributed by atoms with Crippen LogP contribution < -0.4 is 25.2 Å². The third kappa shape index (κ3) is 4.43. The largest absolute Gasteiger partial charge is 0.497 e. The lowest BCUT2D eigenvalue weighted by molar-refractivity contribution is -0.122. The highest BCUT2D eigenvalue weighted by molar-refractivity contribution is 5.97. The zero-order valence-corrected chi connectivity index (χ0v) is 19.9. The minimum atomic E-state index is -0.988. The zero-order chi connectivity index (χ0) is 25.2. The second-order valence-corrected chi connectivity index (χ2v) is 8.68. The van der Waals surface area contributed by atoms with Crippen molar-refractivity contribution in [2.75, 3.05) is 19.0 Å². The third-order valence-corrected chi connectivity index (χ3v) is 6.00. The molecule has 0 saturated heterocycles. The van der Waals surface area contributed by atoms with Gasteiger partial charge in [-0.3, -0.25) is 4.79 Å². The van der Waals surface area contributed by atoms with Crippen LogP contribution >= 0.6 is 0 Å². The molecule has 0 bridgehead atoms. The summed E-state index contributed by atoms with van der Waals surface area (Å²) in [4.78, 5) is 26.6. The molecule has 2 atom stereocenters. The fourth-order valence-electron chi connectivity index (χ4n) is 4.29. The Kier molecular flexibility index (Phi) is 6.21. The molecule has 0 radical (unpaired) electrons. The third-order valence-electron chi connectivity index (χ3n) is 6.00. The van der Waals surface area contributed by atoms with E-state index in [1.807, 2.05) is 31.2 Å². The number of amides is 1. The van der Waals surface area contributed by atoms with Crippen LogP contribution in [0.15, 0.2) is 94.2 Å². The second-order valence-electron chi connectivity index (χ2n) is 8.68. The Morgan fingerprint density at radius 2 is 1.69 bits per heavy atom. The number of carbonyl (C=O) groups excluding carboxylic acids is 1. The first kappa shape index (κ1) is 23.2. The Morgan fingerprint density at radius 3 is 2.39 bits per heavy atom. The maximum Gasteiger partial charge on any atom is 0.344 e. The Morgan fingerprint density at radius 1 is 1.00 bits per heavy atom. The van der Waals surface area contributed by atoms with Crippen LogP contribution in [0.25, 0.3) is 11.0 Å². The molecule has 3 aromatic carbocycles. The lowest BCUT2D eigenvalue weighted by Crippen LogP contribution is -2.35. The zero-order valence-electron chi connectivity index (χ0n) is 19.9. The molecule has 1 N–H and O–H groups in total. The van der Waals surface area contributed by atoms with Gasteiger partial charge in [0.25, 0.3) is 5.91 Å². The minimum absolute atomic E-state index is 0.319. The molecule has 4 aromatic rings. The molecule has 2 unspecified atom stereocenters. The fraction of sp³-hybridized carbons (Fsp3) is 0.172. The molecule has 1 aliphatic rings. The molecule has 1 aliphatic heterocycles. The van der Waals surface area contributed by atoms with Crippen LogP contribution in [0.3, 0.4) is 0 Å². The van der Waals surface area contributed by atoms with E-state index in [4.69, 9.17) is 18.6 Å². The van der Waals surface area contributed by atoms with Gasteiger partial charge in [0.15, 0.2) is 6.10 Å². The molecule has 0 spiro atoms. The smallest absolute Gasteiger partial charge is 0.344 e. The lowest BCUT2D eigenvalue weighted by Gasteiger charge is -2.19. The highest BCUT2D eigenvalue weighted by Gasteiger charge is 2.44. The molecule has 182 valence electrons. The summed E-state index contributed by atoms with van der Waals surface area (Å²) < 4.78 is 22.7. The van der Waals surface area contributed by atoms with Gasteiger partial charge in [-0.2, -0.15) is 0 Å². The fourth-order valence-corrected chi connectivity index (χ4v) is 4.29. The van der Waals surface area contributed by atoms with Gasteiger partial charge in [0, 0.05) is 5.69 Å². The summed E-state index contributed by atoms with van der Waals surface area (Å²) in [6.07, 6.45) is -0.988. The summed E-state index contributed by atoms with van der Waals surface area (Å²) in [6.45, 7) is 6.13. The summed E-state index contributed by atoms with van der Waals surface area (Å²) in [5.74, 6) is 0.644. The van der Waals surface area contributed by atoms with Crippen LogP contribution in [-0.2, 0) is 4.79 Å². The topological polar surface area (TPSA) is 87.0 Å². The van der Waals surface area contributed by atoms with E-state index in [1.165, 1.54) is 0 Å². The number of fused-ring (bicyclic) bond motifs is 3. The van der Waals surface area contributed by atoms with Gasteiger partial charge in [-0.05, 0) is 66.6 Å². The first-order chi connectivity index (χ1) is 17.4. The van der Waals surface area contributed by atoms with Gasteiger partial charge in [0.2, 0.25) is 0 Å². The average molecular weight is 484 g/mol. The molecule has 0 saturated carbocycles. The van der Waals surface area contributed by atoms with E-state index in [0.717, 1.165) is 11.1 Å². The molecule has 1 amide bonds. The van der Waals surface area contributed by atoms with Crippen molar-refractivity contribution in [3.05, 3.63) is 106 Å². The minimum Gasteiger partial charge on any atom is -0.497 e. The highest BCUT2D eigenvalue weighted by Crippen LogP contribution is 2.44. The van der Waals surface area contributed by atoms with E-state index >= 15 is 0 Å². The molecule has 1 aromatic heterocycles. The second kappa shape index (κ2) is 9.62. The molecule has 0 aliphatic carbocycles. The Labute approximate surface area is 207 Å². The van der Waals surface area contributed by atoms with Crippen molar-refractivity contribution in [1.82, 2.24) is 0 Å². The number of methoxy groups -OCH3 is 1. The van der Waals surface area contributed by atoms with Crippen molar-refractivity contribution in [2.45, 2.75) is 18.9 Å². The van der Waals surface area contributed by atoms with Gasteiger partial charge in [0.1, 0.15) is 29.4 Å². The summed E-state index contributed by atoms with van der Waals surface area (Å²) in [5, 5.41) is 3.53. The van der Waals surface area contributed by atoms with E-state index < -0.39 is 17.6 Å². The SMILES string of the molecule is C=C(C)COc1ccc(C2c3c(c4ccccc4oc3=O)OC2C(=O)Nc2ccc(OC)cc2)cc1. The van der Waals surface area contributed by atoms with Gasteiger partial charge in [0.05, 0.1) is 24.0 Å². The van der Waals surface area contributed by atoms with Gasteiger partial charge in [-0.25, -0.2) is 4.79 Å². The van der Waals surface area contributed by atoms with Crippen molar-refractivity contribution in [3.8, 4) is 17.2 Å². The molecular formula is C29H25NO6. The van der Waals surface area contributed by atoms with Crippen LogP contribution in [0.4, 0.5) is 5.69 Å². The molecule has 2 heterocycles. The number of anilines is 1. The number of hydrogen-bond acceptors (Lipinski definition) is 6. The predicted octanol–water partition coefficient (Wildman–Crippen LogP) is 5.29. The van der Waals surface area contributed by atoms with Crippen LogP contribution in [0.2, 0.25) is 0 Å². The van der Waals surface area contributed by atoms with Crippen molar-refractivity contribution in [3.63, 3.8) is 0 Å². The van der Waals surface area contributed by atoms with Crippen LogP contribution in [-0.4, -0.2) is 25.7 Å². The molecule has 7 nitrogen and oxygen atoms in total. The van der Waals surface area contributed by atoms with Gasteiger partial charge in [-0.1, -0.05) is 30.8 Å².